The van der Waals surface area contributed by atoms with Crippen LogP contribution < -0.4 is 0 Å². The average Bonchev–Trinajstić information content (AvgIpc) is 2.76. The summed E-state index contributed by atoms with van der Waals surface area (Å²) in [4.78, 5) is 0. The van der Waals surface area contributed by atoms with Crippen LogP contribution in [0.25, 0.3) is 0 Å². The molecule has 3 nitrogen and oxygen atoms in total. The fraction of sp³-hybridized carbons (Fsp3) is 0.926. The third-order valence-electron chi connectivity index (χ3n) is 5.90. The molecule has 2 N–H and O–H groups in total. The minimum atomic E-state index is -0.737. The van der Waals surface area contributed by atoms with Gasteiger partial charge in [-0.25, -0.2) is 0 Å². The van der Waals surface area contributed by atoms with Gasteiger partial charge in [0.25, 0.3) is 0 Å². The third-order valence-corrected chi connectivity index (χ3v) is 5.90. The second-order valence-corrected chi connectivity index (χ2v) is 9.01. The van der Waals surface area contributed by atoms with Crippen molar-refractivity contribution in [3.8, 4) is 0 Å². The van der Waals surface area contributed by atoms with Gasteiger partial charge in [0.2, 0.25) is 0 Å². The van der Waals surface area contributed by atoms with E-state index >= 15 is 0 Å². The molecule has 0 spiro atoms. The monoisotopic (exact) mass is 426 g/mol. The molecule has 0 saturated heterocycles. The zero-order valence-electron chi connectivity index (χ0n) is 20.5. The lowest BCUT2D eigenvalue weighted by atomic mass is 10.0. The van der Waals surface area contributed by atoms with E-state index in [0.29, 0.717) is 0 Å². The molecule has 0 aromatic carbocycles. The predicted octanol–water partition coefficient (Wildman–Crippen LogP) is 7.73. The summed E-state index contributed by atoms with van der Waals surface area (Å²) in [5, 5.41) is 18.5. The lowest BCUT2D eigenvalue weighted by molar-refractivity contribution is -0.0350. The van der Waals surface area contributed by atoms with E-state index in [2.05, 4.69) is 26.0 Å². The summed E-state index contributed by atoms with van der Waals surface area (Å²) in [6.45, 7) is 4.56. The molecule has 0 aromatic heterocycles. The Morgan fingerprint density at radius 1 is 0.633 bits per heavy atom. The van der Waals surface area contributed by atoms with Crippen LogP contribution in [0, 0.1) is 0 Å². The van der Waals surface area contributed by atoms with E-state index in [1.807, 2.05) is 0 Å². The number of aliphatic hydroxyl groups is 2. The first-order valence-electron chi connectivity index (χ1n) is 13.3. The number of hydrogen-bond donors (Lipinski definition) is 2. The van der Waals surface area contributed by atoms with E-state index < -0.39 is 6.10 Å². The molecule has 0 saturated carbocycles. The molecule has 0 radical (unpaired) electrons. The Balaban J connectivity index is 3.59. The zero-order valence-corrected chi connectivity index (χ0v) is 20.5. The molecule has 0 aliphatic rings. The molecule has 0 rings (SSSR count). The highest BCUT2D eigenvalue weighted by molar-refractivity contribution is 4.81. The Morgan fingerprint density at radius 2 is 1.07 bits per heavy atom. The molecule has 0 aliphatic heterocycles. The summed E-state index contributed by atoms with van der Waals surface area (Å²) < 4.78 is 5.88. The van der Waals surface area contributed by atoms with Gasteiger partial charge in [-0.15, -0.1) is 0 Å². The van der Waals surface area contributed by atoms with E-state index in [1.165, 1.54) is 109 Å². The average molecular weight is 427 g/mol. The molecule has 0 aromatic rings. The molecule has 30 heavy (non-hydrogen) atoms. The van der Waals surface area contributed by atoms with Crippen LogP contribution in [0.5, 0.6) is 0 Å². The number of aliphatic hydroxyl groups excluding tert-OH is 2. The largest absolute Gasteiger partial charge is 0.394 e. The van der Waals surface area contributed by atoms with E-state index in [9.17, 15) is 5.11 Å². The van der Waals surface area contributed by atoms with Gasteiger partial charge in [-0.2, -0.15) is 0 Å². The van der Waals surface area contributed by atoms with E-state index in [0.717, 1.165) is 12.8 Å². The summed E-state index contributed by atoms with van der Waals surface area (Å²) in [6.07, 6.45) is 28.7. The van der Waals surface area contributed by atoms with Crippen molar-refractivity contribution in [2.75, 3.05) is 13.2 Å². The van der Waals surface area contributed by atoms with Gasteiger partial charge < -0.3 is 14.9 Å². The van der Waals surface area contributed by atoms with Gasteiger partial charge in [0.05, 0.1) is 19.3 Å². The first-order chi connectivity index (χ1) is 14.7. The van der Waals surface area contributed by atoms with Gasteiger partial charge in [0, 0.05) is 0 Å². The van der Waals surface area contributed by atoms with Gasteiger partial charge in [-0.1, -0.05) is 109 Å². The topological polar surface area (TPSA) is 49.7 Å². The second-order valence-electron chi connectivity index (χ2n) is 9.01. The first kappa shape index (κ1) is 29.6. The smallest absolute Gasteiger partial charge is 0.100 e. The lowest BCUT2D eigenvalue weighted by Gasteiger charge is -2.19. The fourth-order valence-electron chi connectivity index (χ4n) is 3.85. The number of rotatable bonds is 24. The van der Waals surface area contributed by atoms with Crippen LogP contribution in [0.15, 0.2) is 12.2 Å². The maximum atomic E-state index is 9.54. The van der Waals surface area contributed by atoms with Crippen molar-refractivity contribution >= 4 is 0 Å². The fourth-order valence-corrected chi connectivity index (χ4v) is 3.85. The molecule has 0 amide bonds. The van der Waals surface area contributed by atoms with Crippen molar-refractivity contribution in [3.05, 3.63) is 12.2 Å². The molecule has 0 heterocycles. The number of unbranched alkanes of at least 4 members (excludes halogenated alkanes) is 14. The van der Waals surface area contributed by atoms with Gasteiger partial charge in [0.15, 0.2) is 0 Å². The van der Waals surface area contributed by atoms with Crippen LogP contribution >= 0.6 is 0 Å². The molecule has 0 bridgehead atoms. The Morgan fingerprint density at radius 3 is 1.57 bits per heavy atom. The minimum absolute atomic E-state index is 0.211. The van der Waals surface area contributed by atoms with Gasteiger partial charge >= 0.3 is 0 Å². The van der Waals surface area contributed by atoms with Crippen molar-refractivity contribution in [2.24, 2.45) is 0 Å². The van der Waals surface area contributed by atoms with Crippen molar-refractivity contribution in [1.29, 1.82) is 0 Å². The summed E-state index contributed by atoms with van der Waals surface area (Å²) in [7, 11) is 0. The van der Waals surface area contributed by atoms with Gasteiger partial charge in [-0.3, -0.25) is 0 Å². The van der Waals surface area contributed by atoms with Crippen molar-refractivity contribution in [2.45, 2.75) is 148 Å². The molecule has 0 aliphatic carbocycles. The Bertz CT molecular complexity index is 343. The standard InChI is InChI=1S/C27H54O3/c1-3-5-7-9-10-11-12-13-14-15-16-17-18-19-21-23-27(22-20-8-6-4-2)30-25-26(29)24-28/h11-12,26-29H,3-10,13-25H2,1-2H3/b12-11-. The molecular formula is C27H54O3. The van der Waals surface area contributed by atoms with Gasteiger partial charge in [-0.05, 0) is 38.5 Å². The summed E-state index contributed by atoms with van der Waals surface area (Å²) in [5.74, 6) is 0. The predicted molar refractivity (Wildman–Crippen MR) is 131 cm³/mol. The third kappa shape index (κ3) is 22.3. The van der Waals surface area contributed by atoms with Crippen LogP contribution in [-0.4, -0.2) is 35.6 Å². The van der Waals surface area contributed by atoms with Crippen molar-refractivity contribution in [1.82, 2.24) is 0 Å². The van der Waals surface area contributed by atoms with Crippen molar-refractivity contribution in [3.63, 3.8) is 0 Å². The highest BCUT2D eigenvalue weighted by Crippen LogP contribution is 2.17. The van der Waals surface area contributed by atoms with E-state index in [-0.39, 0.29) is 19.3 Å². The van der Waals surface area contributed by atoms with Crippen LogP contribution in [0.3, 0.4) is 0 Å². The molecule has 3 heteroatoms. The number of ether oxygens (including phenoxy) is 1. The molecule has 2 unspecified atom stereocenters. The Labute approximate surface area is 188 Å². The molecule has 180 valence electrons. The SMILES string of the molecule is CCCCCC/C=C\CCCCCCCCCC(CCCCCC)OCC(O)CO. The lowest BCUT2D eigenvalue weighted by Crippen LogP contribution is -2.24. The number of allylic oxidation sites excluding steroid dienone is 2. The normalized spacial score (nSPS) is 13.9. The zero-order chi connectivity index (χ0) is 22.1. The Hall–Kier alpha value is -0.380. The highest BCUT2D eigenvalue weighted by Gasteiger charge is 2.11. The highest BCUT2D eigenvalue weighted by atomic mass is 16.5. The van der Waals surface area contributed by atoms with Gasteiger partial charge in [0.1, 0.15) is 6.10 Å². The Kier molecular flexibility index (Phi) is 24.6. The summed E-state index contributed by atoms with van der Waals surface area (Å²) >= 11 is 0. The van der Waals surface area contributed by atoms with Crippen LogP contribution in [0.4, 0.5) is 0 Å². The van der Waals surface area contributed by atoms with Crippen LogP contribution in [-0.2, 0) is 4.74 Å². The maximum absolute atomic E-state index is 9.54. The van der Waals surface area contributed by atoms with Crippen LogP contribution in [0.1, 0.15) is 136 Å². The van der Waals surface area contributed by atoms with Crippen LogP contribution in [0.2, 0.25) is 0 Å². The van der Waals surface area contributed by atoms with Crippen molar-refractivity contribution < 1.29 is 14.9 Å². The van der Waals surface area contributed by atoms with E-state index in [1.54, 1.807) is 0 Å². The second kappa shape index (κ2) is 24.9. The molecule has 0 fully saturated rings. The summed E-state index contributed by atoms with van der Waals surface area (Å²) in [6, 6.07) is 0. The molecule has 2 atom stereocenters. The number of hydrogen-bond acceptors (Lipinski definition) is 3. The first-order valence-corrected chi connectivity index (χ1v) is 13.3. The quantitative estimate of drug-likeness (QED) is 0.123. The summed E-state index contributed by atoms with van der Waals surface area (Å²) in [5.41, 5.74) is 0. The minimum Gasteiger partial charge on any atom is -0.394 e. The van der Waals surface area contributed by atoms with E-state index in [4.69, 9.17) is 9.84 Å². The maximum Gasteiger partial charge on any atom is 0.100 e. The molecular weight excluding hydrogens is 372 g/mol.